The third kappa shape index (κ3) is 4.99. The van der Waals surface area contributed by atoms with Crippen LogP contribution in [0.1, 0.15) is 17.3 Å². The maximum Gasteiger partial charge on any atom is 0.409 e. The van der Waals surface area contributed by atoms with Gasteiger partial charge in [0.15, 0.2) is 5.78 Å². The van der Waals surface area contributed by atoms with E-state index in [2.05, 4.69) is 9.88 Å². The van der Waals surface area contributed by atoms with E-state index in [-0.39, 0.29) is 11.9 Å². The summed E-state index contributed by atoms with van der Waals surface area (Å²) in [7, 11) is 0. The van der Waals surface area contributed by atoms with Crippen LogP contribution in [-0.4, -0.2) is 60.3 Å². The van der Waals surface area contributed by atoms with Crippen molar-refractivity contribution in [2.75, 3.05) is 43.4 Å². The summed E-state index contributed by atoms with van der Waals surface area (Å²) in [5.74, 6) is 0.482. The smallest absolute Gasteiger partial charge is 0.409 e. The molecule has 1 aromatic heterocycles. The second kappa shape index (κ2) is 9.83. The molecule has 1 fully saturated rings. The first-order valence-electron chi connectivity index (χ1n) is 10.4. The van der Waals surface area contributed by atoms with Gasteiger partial charge in [-0.3, -0.25) is 9.78 Å². The standard InChI is InChI=1S/C24H25N3O3S/c1-2-30-24(29)27-15-13-26(14-16-27)19-9-7-18(8-10-19)22(28)17-31-23-11-12-25-21-6-4-3-5-20(21)23/h3-12H,2,13-17H2,1H3. The lowest BCUT2D eigenvalue weighted by molar-refractivity contribution is 0.102. The minimum absolute atomic E-state index is 0.101. The number of ether oxygens (including phenoxy) is 1. The molecule has 0 saturated carbocycles. The number of thioether (sulfide) groups is 1. The molecule has 1 aliphatic heterocycles. The number of amides is 1. The Hall–Kier alpha value is -3.06. The van der Waals surface area contributed by atoms with Crippen LogP contribution in [0.2, 0.25) is 0 Å². The van der Waals surface area contributed by atoms with Gasteiger partial charge in [-0.2, -0.15) is 0 Å². The molecule has 2 heterocycles. The minimum Gasteiger partial charge on any atom is -0.450 e. The number of ketones is 1. The molecule has 0 bridgehead atoms. The number of carbonyl (C=O) groups is 2. The van der Waals surface area contributed by atoms with E-state index in [9.17, 15) is 9.59 Å². The molecule has 1 amide bonds. The molecule has 0 radical (unpaired) electrons. The number of para-hydroxylation sites is 1. The van der Waals surface area contributed by atoms with Gasteiger partial charge in [-0.25, -0.2) is 4.79 Å². The summed E-state index contributed by atoms with van der Waals surface area (Å²) in [5.41, 5.74) is 2.71. The molecule has 31 heavy (non-hydrogen) atoms. The molecule has 160 valence electrons. The molecule has 3 aromatic rings. The van der Waals surface area contributed by atoms with Gasteiger partial charge in [0, 0.05) is 53.9 Å². The fraction of sp³-hybridized carbons (Fsp3) is 0.292. The Balaban J connectivity index is 1.34. The first-order valence-corrected chi connectivity index (χ1v) is 11.4. The van der Waals surface area contributed by atoms with Gasteiger partial charge in [-0.1, -0.05) is 18.2 Å². The predicted molar refractivity (Wildman–Crippen MR) is 124 cm³/mol. The van der Waals surface area contributed by atoms with E-state index in [1.165, 1.54) is 0 Å². The summed E-state index contributed by atoms with van der Waals surface area (Å²) < 4.78 is 5.07. The van der Waals surface area contributed by atoms with E-state index in [1.54, 1.807) is 22.9 Å². The number of aromatic nitrogens is 1. The summed E-state index contributed by atoms with van der Waals surface area (Å²) in [6, 6.07) is 17.7. The van der Waals surface area contributed by atoms with E-state index in [0.29, 0.717) is 31.0 Å². The van der Waals surface area contributed by atoms with Crippen molar-refractivity contribution in [1.82, 2.24) is 9.88 Å². The number of hydrogen-bond donors (Lipinski definition) is 0. The van der Waals surface area contributed by atoms with Crippen LogP contribution in [0.5, 0.6) is 0 Å². The highest BCUT2D eigenvalue weighted by atomic mass is 32.2. The van der Waals surface area contributed by atoms with Crippen molar-refractivity contribution in [3.8, 4) is 0 Å². The first kappa shape index (κ1) is 21.2. The number of hydrogen-bond acceptors (Lipinski definition) is 6. The maximum absolute atomic E-state index is 12.7. The number of anilines is 1. The number of pyridine rings is 1. The van der Waals surface area contributed by atoms with Crippen molar-refractivity contribution in [2.45, 2.75) is 11.8 Å². The molecule has 0 aliphatic carbocycles. The quantitative estimate of drug-likeness (QED) is 0.420. The third-order valence-electron chi connectivity index (χ3n) is 5.33. The monoisotopic (exact) mass is 435 g/mol. The Kier molecular flexibility index (Phi) is 6.72. The third-order valence-corrected chi connectivity index (χ3v) is 6.40. The van der Waals surface area contributed by atoms with Crippen LogP contribution in [0.25, 0.3) is 10.9 Å². The van der Waals surface area contributed by atoms with E-state index < -0.39 is 0 Å². The number of piperazine rings is 1. The lowest BCUT2D eigenvalue weighted by Crippen LogP contribution is -2.49. The number of fused-ring (bicyclic) bond motifs is 1. The zero-order valence-electron chi connectivity index (χ0n) is 17.5. The molecular formula is C24H25N3O3S. The average Bonchev–Trinajstić information content (AvgIpc) is 2.83. The molecule has 0 N–H and O–H groups in total. The van der Waals surface area contributed by atoms with Crippen molar-refractivity contribution in [1.29, 1.82) is 0 Å². The molecule has 0 spiro atoms. The van der Waals surface area contributed by atoms with E-state index in [4.69, 9.17) is 4.74 Å². The number of nitrogens with zero attached hydrogens (tertiary/aromatic N) is 3. The van der Waals surface area contributed by atoms with Gasteiger partial charge in [0.25, 0.3) is 0 Å². The predicted octanol–water partition coefficient (Wildman–Crippen LogP) is 4.49. The van der Waals surface area contributed by atoms with Crippen LogP contribution in [0, 0.1) is 0 Å². The summed E-state index contributed by atoms with van der Waals surface area (Å²) in [6.45, 7) is 4.97. The Morgan fingerprint density at radius 3 is 2.48 bits per heavy atom. The molecule has 1 saturated heterocycles. The zero-order chi connectivity index (χ0) is 21.6. The maximum atomic E-state index is 12.7. The zero-order valence-corrected chi connectivity index (χ0v) is 18.3. The summed E-state index contributed by atoms with van der Waals surface area (Å²) in [4.78, 5) is 33.9. The van der Waals surface area contributed by atoms with Crippen LogP contribution >= 0.6 is 11.8 Å². The fourth-order valence-corrected chi connectivity index (χ4v) is 4.58. The molecule has 2 aromatic carbocycles. The number of Topliss-reactive ketones (excluding diaryl/α,β-unsaturated/α-hetero) is 1. The lowest BCUT2D eigenvalue weighted by atomic mass is 10.1. The topological polar surface area (TPSA) is 62.7 Å². The molecule has 0 atom stereocenters. The number of rotatable bonds is 6. The second-order valence-corrected chi connectivity index (χ2v) is 8.28. The highest BCUT2D eigenvalue weighted by molar-refractivity contribution is 8.00. The van der Waals surface area contributed by atoms with Crippen LogP contribution in [0.15, 0.2) is 65.7 Å². The van der Waals surface area contributed by atoms with Gasteiger partial charge in [-0.15, -0.1) is 11.8 Å². The van der Waals surface area contributed by atoms with Crippen molar-refractivity contribution in [3.05, 3.63) is 66.4 Å². The Bertz CT molecular complexity index is 1060. The van der Waals surface area contributed by atoms with Gasteiger partial charge in [0.1, 0.15) is 0 Å². The van der Waals surface area contributed by atoms with Crippen molar-refractivity contribution < 1.29 is 14.3 Å². The summed E-state index contributed by atoms with van der Waals surface area (Å²) in [5, 5.41) is 1.07. The van der Waals surface area contributed by atoms with Crippen LogP contribution in [0.3, 0.4) is 0 Å². The van der Waals surface area contributed by atoms with Crippen LogP contribution in [-0.2, 0) is 4.74 Å². The normalized spacial score (nSPS) is 14.0. The fourth-order valence-electron chi connectivity index (χ4n) is 3.64. The molecule has 0 unspecified atom stereocenters. The van der Waals surface area contributed by atoms with Crippen molar-refractivity contribution in [2.24, 2.45) is 0 Å². The van der Waals surface area contributed by atoms with E-state index in [1.807, 2.05) is 61.5 Å². The molecule has 1 aliphatic rings. The van der Waals surface area contributed by atoms with Gasteiger partial charge in [-0.05, 0) is 43.3 Å². The average molecular weight is 436 g/mol. The molecule has 7 heteroatoms. The first-order chi connectivity index (χ1) is 15.2. The van der Waals surface area contributed by atoms with Gasteiger partial charge >= 0.3 is 6.09 Å². The highest BCUT2D eigenvalue weighted by Crippen LogP contribution is 2.27. The highest BCUT2D eigenvalue weighted by Gasteiger charge is 2.22. The van der Waals surface area contributed by atoms with E-state index >= 15 is 0 Å². The summed E-state index contributed by atoms with van der Waals surface area (Å²) in [6.07, 6.45) is 1.54. The van der Waals surface area contributed by atoms with Gasteiger partial charge in [0.2, 0.25) is 0 Å². The largest absolute Gasteiger partial charge is 0.450 e. The lowest BCUT2D eigenvalue weighted by Gasteiger charge is -2.35. The Morgan fingerprint density at radius 2 is 1.74 bits per heavy atom. The Morgan fingerprint density at radius 1 is 1.00 bits per heavy atom. The minimum atomic E-state index is -0.248. The van der Waals surface area contributed by atoms with Gasteiger partial charge < -0.3 is 14.5 Å². The van der Waals surface area contributed by atoms with Crippen molar-refractivity contribution in [3.63, 3.8) is 0 Å². The SMILES string of the molecule is CCOC(=O)N1CCN(c2ccc(C(=O)CSc3ccnc4ccccc34)cc2)CC1. The van der Waals surface area contributed by atoms with Gasteiger partial charge in [0.05, 0.1) is 17.9 Å². The summed E-state index contributed by atoms with van der Waals surface area (Å²) >= 11 is 1.54. The van der Waals surface area contributed by atoms with E-state index in [0.717, 1.165) is 34.6 Å². The Labute approximate surface area is 186 Å². The second-order valence-electron chi connectivity index (χ2n) is 7.26. The molecule has 6 nitrogen and oxygen atoms in total. The van der Waals surface area contributed by atoms with Crippen LogP contribution < -0.4 is 4.90 Å². The molecular weight excluding hydrogens is 410 g/mol. The molecule has 4 rings (SSSR count). The number of benzene rings is 2. The number of carbonyl (C=O) groups excluding carboxylic acids is 2. The van der Waals surface area contributed by atoms with Crippen molar-refractivity contribution >= 4 is 40.2 Å². The van der Waals surface area contributed by atoms with Crippen LogP contribution in [0.4, 0.5) is 10.5 Å².